The van der Waals surface area contributed by atoms with Gasteiger partial charge in [0.15, 0.2) is 0 Å². The summed E-state index contributed by atoms with van der Waals surface area (Å²) in [5, 5.41) is 8.59. The Morgan fingerprint density at radius 3 is 2.75 bits per heavy atom. The molecule has 1 aliphatic rings. The molecule has 0 radical (unpaired) electrons. The van der Waals surface area contributed by atoms with Gasteiger partial charge in [0.25, 0.3) is 0 Å². The second-order valence-corrected chi connectivity index (χ2v) is 3.98. The van der Waals surface area contributed by atoms with Gasteiger partial charge in [-0.1, -0.05) is 0 Å². The van der Waals surface area contributed by atoms with Gasteiger partial charge in [0.1, 0.15) is 0 Å². The smallest absolute Gasteiger partial charge is 0.305 e. The number of ether oxygens (including phenoxy) is 1. The lowest BCUT2D eigenvalue weighted by Crippen LogP contribution is -2.40. The molecule has 1 fully saturated rings. The third kappa shape index (κ3) is 3.81. The molecule has 1 aliphatic heterocycles. The Hall–Kier alpha value is -1.10. The van der Waals surface area contributed by atoms with E-state index in [0.717, 1.165) is 19.4 Å². The fourth-order valence-corrected chi connectivity index (χ4v) is 1.85. The fraction of sp³-hybridized carbons (Fsp3) is 0.818. The average molecular weight is 229 g/mol. The first kappa shape index (κ1) is 13.0. The maximum Gasteiger partial charge on any atom is 0.305 e. The van der Waals surface area contributed by atoms with Crippen molar-refractivity contribution in [3.63, 3.8) is 0 Å². The molecule has 0 aliphatic carbocycles. The number of hydrogen-bond acceptors (Lipinski definition) is 3. The summed E-state index contributed by atoms with van der Waals surface area (Å²) in [6, 6.07) is 0. The molecule has 1 unspecified atom stereocenters. The lowest BCUT2D eigenvalue weighted by molar-refractivity contribution is -0.141. The van der Waals surface area contributed by atoms with Crippen LogP contribution in [-0.4, -0.2) is 48.2 Å². The number of carbonyl (C=O) groups excluding carboxylic acids is 1. The van der Waals surface area contributed by atoms with E-state index in [1.165, 1.54) is 0 Å². The van der Waals surface area contributed by atoms with Crippen molar-refractivity contribution in [2.24, 2.45) is 5.92 Å². The van der Waals surface area contributed by atoms with E-state index in [1.54, 1.807) is 4.90 Å². The van der Waals surface area contributed by atoms with Crippen LogP contribution in [-0.2, 0) is 14.3 Å². The van der Waals surface area contributed by atoms with Gasteiger partial charge in [0.2, 0.25) is 5.91 Å². The van der Waals surface area contributed by atoms with Crippen LogP contribution >= 0.6 is 0 Å². The van der Waals surface area contributed by atoms with Crippen molar-refractivity contribution >= 4 is 11.9 Å². The molecule has 0 bridgehead atoms. The van der Waals surface area contributed by atoms with Crippen LogP contribution in [0.1, 0.15) is 26.2 Å². The number of hydrogen-bond donors (Lipinski definition) is 1. The normalized spacial score (nSPS) is 20.4. The number of carboxylic acid groups (broad SMARTS) is 1. The minimum Gasteiger partial charge on any atom is -0.481 e. The van der Waals surface area contributed by atoms with E-state index < -0.39 is 5.97 Å². The number of carbonyl (C=O) groups is 2. The first-order valence-electron chi connectivity index (χ1n) is 5.73. The summed E-state index contributed by atoms with van der Waals surface area (Å²) in [5.74, 6) is -0.919. The van der Waals surface area contributed by atoms with Crippen molar-refractivity contribution in [2.45, 2.75) is 26.2 Å². The topological polar surface area (TPSA) is 66.8 Å². The van der Waals surface area contributed by atoms with Gasteiger partial charge in [-0.2, -0.15) is 0 Å². The van der Waals surface area contributed by atoms with Crippen molar-refractivity contribution < 1.29 is 19.4 Å². The van der Waals surface area contributed by atoms with Crippen LogP contribution in [0.3, 0.4) is 0 Å². The van der Waals surface area contributed by atoms with Gasteiger partial charge in [-0.25, -0.2) is 0 Å². The van der Waals surface area contributed by atoms with Crippen molar-refractivity contribution in [3.8, 4) is 0 Å². The molecule has 1 rings (SSSR count). The largest absolute Gasteiger partial charge is 0.481 e. The molecule has 92 valence electrons. The number of nitrogens with zero attached hydrogens (tertiary/aromatic N) is 1. The molecule has 1 saturated heterocycles. The maximum absolute atomic E-state index is 12.0. The first-order valence-corrected chi connectivity index (χ1v) is 5.73. The quantitative estimate of drug-likeness (QED) is 0.755. The Balaban J connectivity index is 2.44. The summed E-state index contributed by atoms with van der Waals surface area (Å²) < 4.78 is 5.26. The molecule has 5 nitrogen and oxygen atoms in total. The zero-order chi connectivity index (χ0) is 12.0. The lowest BCUT2D eigenvalue weighted by atomic mass is 10.0. The van der Waals surface area contributed by atoms with Crippen molar-refractivity contribution in [3.05, 3.63) is 0 Å². The van der Waals surface area contributed by atoms with Gasteiger partial charge >= 0.3 is 5.97 Å². The SMILES string of the molecule is CCN(CCC(=O)O)C(=O)C1CCCOC1. The van der Waals surface area contributed by atoms with Crippen LogP contribution in [0, 0.1) is 5.92 Å². The third-order valence-corrected chi connectivity index (χ3v) is 2.80. The molecule has 1 N–H and O–H groups in total. The van der Waals surface area contributed by atoms with Gasteiger partial charge in [-0.3, -0.25) is 9.59 Å². The molecule has 1 heterocycles. The molecule has 0 saturated carbocycles. The second kappa shape index (κ2) is 6.48. The Morgan fingerprint density at radius 1 is 1.50 bits per heavy atom. The van der Waals surface area contributed by atoms with E-state index in [-0.39, 0.29) is 18.2 Å². The van der Waals surface area contributed by atoms with Gasteiger partial charge in [0.05, 0.1) is 18.9 Å². The summed E-state index contributed by atoms with van der Waals surface area (Å²) in [6.07, 6.45) is 1.77. The van der Waals surface area contributed by atoms with E-state index in [4.69, 9.17) is 9.84 Å². The fourth-order valence-electron chi connectivity index (χ4n) is 1.85. The molecule has 0 spiro atoms. The monoisotopic (exact) mass is 229 g/mol. The predicted octanol–water partition coefficient (Wildman–Crippen LogP) is 0.736. The van der Waals surface area contributed by atoms with E-state index >= 15 is 0 Å². The molecular weight excluding hydrogens is 210 g/mol. The lowest BCUT2D eigenvalue weighted by Gasteiger charge is -2.28. The van der Waals surface area contributed by atoms with E-state index in [9.17, 15) is 9.59 Å². The van der Waals surface area contributed by atoms with Gasteiger partial charge < -0.3 is 14.7 Å². The zero-order valence-electron chi connectivity index (χ0n) is 9.65. The summed E-state index contributed by atoms with van der Waals surface area (Å²) >= 11 is 0. The molecular formula is C11H19NO4. The van der Waals surface area contributed by atoms with Crippen LogP contribution in [0.25, 0.3) is 0 Å². The Labute approximate surface area is 95.4 Å². The first-order chi connectivity index (χ1) is 7.65. The summed E-state index contributed by atoms with van der Waals surface area (Å²) in [4.78, 5) is 24.1. The van der Waals surface area contributed by atoms with Crippen molar-refractivity contribution in [1.29, 1.82) is 0 Å². The standard InChI is InChI=1S/C11H19NO4/c1-2-12(6-5-10(13)14)11(15)9-4-3-7-16-8-9/h9H,2-8H2,1H3,(H,13,14). The van der Waals surface area contributed by atoms with Crippen LogP contribution in [0.15, 0.2) is 0 Å². The van der Waals surface area contributed by atoms with Crippen LogP contribution < -0.4 is 0 Å². The molecule has 1 amide bonds. The Bertz CT molecular complexity index is 248. The zero-order valence-corrected chi connectivity index (χ0v) is 9.65. The van der Waals surface area contributed by atoms with Crippen LogP contribution in [0.5, 0.6) is 0 Å². The van der Waals surface area contributed by atoms with Gasteiger partial charge in [-0.15, -0.1) is 0 Å². The number of rotatable bonds is 5. The average Bonchev–Trinajstić information content (AvgIpc) is 2.30. The van der Waals surface area contributed by atoms with Crippen LogP contribution in [0.2, 0.25) is 0 Å². The molecule has 1 atom stereocenters. The molecule has 16 heavy (non-hydrogen) atoms. The van der Waals surface area contributed by atoms with Crippen molar-refractivity contribution in [2.75, 3.05) is 26.3 Å². The summed E-state index contributed by atoms with van der Waals surface area (Å²) in [5.41, 5.74) is 0. The molecule has 0 aromatic heterocycles. The Morgan fingerprint density at radius 2 is 2.25 bits per heavy atom. The highest BCUT2D eigenvalue weighted by Gasteiger charge is 2.25. The molecule has 0 aromatic carbocycles. The highest BCUT2D eigenvalue weighted by Crippen LogP contribution is 2.16. The minimum atomic E-state index is -0.869. The van der Waals surface area contributed by atoms with E-state index in [0.29, 0.717) is 19.7 Å². The minimum absolute atomic E-state index is 0.00710. The predicted molar refractivity (Wildman–Crippen MR) is 58.0 cm³/mol. The summed E-state index contributed by atoms with van der Waals surface area (Å²) in [7, 11) is 0. The van der Waals surface area contributed by atoms with E-state index in [1.807, 2.05) is 6.92 Å². The van der Waals surface area contributed by atoms with Gasteiger partial charge in [-0.05, 0) is 19.8 Å². The second-order valence-electron chi connectivity index (χ2n) is 3.98. The molecule has 0 aromatic rings. The van der Waals surface area contributed by atoms with Gasteiger partial charge in [0, 0.05) is 19.7 Å². The van der Waals surface area contributed by atoms with Crippen LogP contribution in [0.4, 0.5) is 0 Å². The number of amides is 1. The van der Waals surface area contributed by atoms with E-state index in [2.05, 4.69) is 0 Å². The maximum atomic E-state index is 12.0. The third-order valence-electron chi connectivity index (χ3n) is 2.80. The number of aliphatic carboxylic acids is 1. The Kier molecular flexibility index (Phi) is 5.25. The number of carboxylic acids is 1. The van der Waals surface area contributed by atoms with Crippen molar-refractivity contribution in [1.82, 2.24) is 4.90 Å². The molecule has 5 heteroatoms. The highest BCUT2D eigenvalue weighted by molar-refractivity contribution is 5.79. The highest BCUT2D eigenvalue weighted by atomic mass is 16.5. The summed E-state index contributed by atoms with van der Waals surface area (Å²) in [6.45, 7) is 3.92.